The predicted molar refractivity (Wildman–Crippen MR) is 66.3 cm³/mol. The Morgan fingerprint density at radius 1 is 1.61 bits per heavy atom. The molecule has 1 aromatic heterocycles. The van der Waals surface area contributed by atoms with Crippen LogP contribution in [0, 0.1) is 0 Å². The largest absolute Gasteiger partial charge is 0.389 e. The van der Waals surface area contributed by atoms with Crippen LogP contribution in [0.5, 0.6) is 0 Å². The molecule has 1 amide bonds. The van der Waals surface area contributed by atoms with Crippen LogP contribution >= 0.6 is 0 Å². The zero-order chi connectivity index (χ0) is 13.0. The lowest BCUT2D eigenvalue weighted by Gasteiger charge is -2.10. The summed E-state index contributed by atoms with van der Waals surface area (Å²) in [4.78, 5) is 18.8. The first kappa shape index (κ1) is 12.5. The van der Waals surface area contributed by atoms with Crippen molar-refractivity contribution in [1.82, 2.24) is 15.3 Å². The van der Waals surface area contributed by atoms with Crippen LogP contribution in [0.15, 0.2) is 24.5 Å². The number of hydrogen-bond acceptors (Lipinski definition) is 4. The van der Waals surface area contributed by atoms with E-state index in [1.165, 1.54) is 7.11 Å². The quantitative estimate of drug-likeness (QED) is 0.711. The summed E-state index contributed by atoms with van der Waals surface area (Å²) in [7, 11) is 1.50. The number of fused-ring (bicyclic) bond motifs is 1. The number of aliphatic hydroxyl groups is 1. The van der Waals surface area contributed by atoms with E-state index in [1.807, 2.05) is 0 Å². The van der Waals surface area contributed by atoms with E-state index in [0.717, 1.165) is 11.0 Å². The highest BCUT2D eigenvalue weighted by molar-refractivity contribution is 5.97. The summed E-state index contributed by atoms with van der Waals surface area (Å²) in [6.45, 7) is 0.355. The first-order valence-corrected chi connectivity index (χ1v) is 5.59. The number of methoxy groups -OCH3 is 1. The monoisotopic (exact) mass is 249 g/mol. The molecule has 1 unspecified atom stereocenters. The topological polar surface area (TPSA) is 87.2 Å². The zero-order valence-corrected chi connectivity index (χ0v) is 10.0. The summed E-state index contributed by atoms with van der Waals surface area (Å²) in [5, 5.41) is 12.1. The lowest BCUT2D eigenvalue weighted by Crippen LogP contribution is -2.34. The van der Waals surface area contributed by atoms with Crippen molar-refractivity contribution in [3.8, 4) is 0 Å². The Balaban J connectivity index is 1.99. The van der Waals surface area contributed by atoms with E-state index in [0.29, 0.717) is 5.56 Å². The number of amides is 1. The van der Waals surface area contributed by atoms with Crippen LogP contribution in [0.4, 0.5) is 0 Å². The molecule has 96 valence electrons. The van der Waals surface area contributed by atoms with Crippen LogP contribution in [-0.2, 0) is 4.74 Å². The molecule has 1 heterocycles. The third kappa shape index (κ3) is 2.85. The summed E-state index contributed by atoms with van der Waals surface area (Å²) in [6.07, 6.45) is 0.879. The molecule has 0 fully saturated rings. The number of carbonyl (C=O) groups excluding carboxylic acids is 1. The van der Waals surface area contributed by atoms with Gasteiger partial charge in [-0.25, -0.2) is 4.98 Å². The number of ether oxygens (including phenoxy) is 1. The number of carbonyl (C=O) groups is 1. The van der Waals surface area contributed by atoms with Gasteiger partial charge in [-0.1, -0.05) is 0 Å². The van der Waals surface area contributed by atoms with E-state index in [1.54, 1.807) is 24.5 Å². The number of benzene rings is 1. The van der Waals surface area contributed by atoms with Crippen LogP contribution in [0.3, 0.4) is 0 Å². The highest BCUT2D eigenvalue weighted by Crippen LogP contribution is 2.11. The molecular formula is C12H15N3O3. The standard InChI is InChI=1S/C12H15N3O3/c1-18-6-9(16)5-13-12(17)8-2-3-10-11(4-8)15-7-14-10/h2-4,7,9,16H,5-6H2,1H3,(H,13,17)(H,14,15). The van der Waals surface area contributed by atoms with Crippen LogP contribution in [0.1, 0.15) is 10.4 Å². The lowest BCUT2D eigenvalue weighted by molar-refractivity contribution is 0.0610. The molecule has 0 bridgehead atoms. The van der Waals surface area contributed by atoms with Crippen LogP contribution < -0.4 is 5.32 Å². The molecule has 6 nitrogen and oxygen atoms in total. The fourth-order valence-corrected chi connectivity index (χ4v) is 1.64. The molecule has 0 aliphatic rings. The van der Waals surface area contributed by atoms with Gasteiger partial charge in [-0.15, -0.1) is 0 Å². The SMILES string of the molecule is COCC(O)CNC(=O)c1ccc2nc[nH]c2c1. The Labute approximate surface area is 104 Å². The number of imidazole rings is 1. The van der Waals surface area contributed by atoms with Gasteiger partial charge in [-0.3, -0.25) is 4.79 Å². The molecule has 18 heavy (non-hydrogen) atoms. The molecule has 1 atom stereocenters. The molecule has 1 aromatic carbocycles. The van der Waals surface area contributed by atoms with E-state index in [9.17, 15) is 9.90 Å². The molecule has 6 heteroatoms. The van der Waals surface area contributed by atoms with E-state index < -0.39 is 6.10 Å². The Hall–Kier alpha value is -1.92. The third-order valence-electron chi connectivity index (χ3n) is 2.54. The first-order valence-electron chi connectivity index (χ1n) is 5.59. The second-order valence-corrected chi connectivity index (χ2v) is 3.95. The van der Waals surface area contributed by atoms with Gasteiger partial charge in [0.25, 0.3) is 5.91 Å². The molecule has 0 saturated carbocycles. The van der Waals surface area contributed by atoms with E-state index in [2.05, 4.69) is 15.3 Å². The second kappa shape index (κ2) is 5.61. The second-order valence-electron chi connectivity index (χ2n) is 3.95. The maximum absolute atomic E-state index is 11.8. The number of H-pyrrole nitrogens is 1. The average Bonchev–Trinajstić information content (AvgIpc) is 2.83. The van der Waals surface area contributed by atoms with Crippen LogP contribution in [0.2, 0.25) is 0 Å². The third-order valence-corrected chi connectivity index (χ3v) is 2.54. The Morgan fingerprint density at radius 3 is 3.22 bits per heavy atom. The summed E-state index contributed by atoms with van der Waals surface area (Å²) >= 11 is 0. The number of hydrogen-bond donors (Lipinski definition) is 3. The van der Waals surface area contributed by atoms with Gasteiger partial charge in [0.1, 0.15) is 0 Å². The van der Waals surface area contributed by atoms with E-state index in [4.69, 9.17) is 4.74 Å². The maximum Gasteiger partial charge on any atom is 0.251 e. The van der Waals surface area contributed by atoms with Crippen molar-refractivity contribution in [1.29, 1.82) is 0 Å². The number of aliphatic hydroxyl groups excluding tert-OH is 1. The van der Waals surface area contributed by atoms with Gasteiger partial charge in [-0.2, -0.15) is 0 Å². The predicted octanol–water partition coefficient (Wildman–Crippen LogP) is 0.300. The molecular weight excluding hydrogens is 234 g/mol. The van der Waals surface area contributed by atoms with Crippen LogP contribution in [0.25, 0.3) is 11.0 Å². The maximum atomic E-state index is 11.8. The smallest absolute Gasteiger partial charge is 0.251 e. The molecule has 3 N–H and O–H groups in total. The minimum atomic E-state index is -0.699. The van der Waals surface area contributed by atoms with Gasteiger partial charge in [0.15, 0.2) is 0 Å². The lowest BCUT2D eigenvalue weighted by atomic mass is 10.2. The highest BCUT2D eigenvalue weighted by Gasteiger charge is 2.09. The summed E-state index contributed by atoms with van der Waals surface area (Å²) < 4.78 is 4.77. The van der Waals surface area contributed by atoms with Gasteiger partial charge >= 0.3 is 0 Å². The average molecular weight is 249 g/mol. The first-order chi connectivity index (χ1) is 8.70. The number of nitrogens with zero attached hydrogens (tertiary/aromatic N) is 1. The fourth-order valence-electron chi connectivity index (χ4n) is 1.64. The molecule has 0 radical (unpaired) electrons. The van der Waals surface area contributed by atoms with Gasteiger partial charge in [0.05, 0.1) is 30.1 Å². The van der Waals surface area contributed by atoms with Crippen molar-refractivity contribution in [2.45, 2.75) is 6.10 Å². The number of nitrogens with one attached hydrogen (secondary N) is 2. The van der Waals surface area contributed by atoms with Gasteiger partial charge in [0, 0.05) is 19.2 Å². The van der Waals surface area contributed by atoms with Crippen molar-refractivity contribution in [3.63, 3.8) is 0 Å². The number of rotatable bonds is 5. The highest BCUT2D eigenvalue weighted by atomic mass is 16.5. The summed E-state index contributed by atoms with van der Waals surface area (Å²) in [5.74, 6) is -0.235. The Kier molecular flexibility index (Phi) is 3.91. The normalized spacial score (nSPS) is 12.6. The van der Waals surface area contributed by atoms with Crippen LogP contribution in [-0.4, -0.2) is 47.3 Å². The molecule has 0 saturated heterocycles. The van der Waals surface area contributed by atoms with Gasteiger partial charge < -0.3 is 20.1 Å². The summed E-state index contributed by atoms with van der Waals surface area (Å²) in [5.41, 5.74) is 2.14. The van der Waals surface area contributed by atoms with Gasteiger partial charge in [0.2, 0.25) is 0 Å². The van der Waals surface area contributed by atoms with Crippen molar-refractivity contribution in [2.75, 3.05) is 20.3 Å². The Bertz CT molecular complexity index is 538. The van der Waals surface area contributed by atoms with Crippen molar-refractivity contribution >= 4 is 16.9 Å². The summed E-state index contributed by atoms with van der Waals surface area (Å²) in [6, 6.07) is 5.19. The van der Waals surface area contributed by atoms with E-state index >= 15 is 0 Å². The molecule has 2 aromatic rings. The molecule has 0 aliphatic heterocycles. The minimum Gasteiger partial charge on any atom is -0.389 e. The van der Waals surface area contributed by atoms with Crippen molar-refractivity contribution in [3.05, 3.63) is 30.1 Å². The molecule has 0 spiro atoms. The van der Waals surface area contributed by atoms with Crippen molar-refractivity contribution < 1.29 is 14.6 Å². The van der Waals surface area contributed by atoms with Crippen molar-refractivity contribution in [2.24, 2.45) is 0 Å². The fraction of sp³-hybridized carbons (Fsp3) is 0.333. The Morgan fingerprint density at radius 2 is 2.44 bits per heavy atom. The molecule has 0 aliphatic carbocycles. The zero-order valence-electron chi connectivity index (χ0n) is 10.0. The number of aromatic amines is 1. The van der Waals surface area contributed by atoms with Gasteiger partial charge in [-0.05, 0) is 18.2 Å². The minimum absolute atomic E-state index is 0.160. The number of aromatic nitrogens is 2. The van der Waals surface area contributed by atoms with E-state index in [-0.39, 0.29) is 19.1 Å². The molecule has 2 rings (SSSR count).